The Morgan fingerprint density at radius 3 is 1.48 bits per heavy atom. The summed E-state index contributed by atoms with van der Waals surface area (Å²) in [6, 6.07) is 77.8. The van der Waals surface area contributed by atoms with Crippen molar-refractivity contribution < 1.29 is 0 Å². The molecule has 4 nitrogen and oxygen atoms in total. The van der Waals surface area contributed by atoms with Crippen molar-refractivity contribution in [3.63, 3.8) is 0 Å². The highest BCUT2D eigenvalue weighted by Crippen LogP contribution is 2.45. The van der Waals surface area contributed by atoms with Crippen LogP contribution in [0, 0.1) is 0 Å². The lowest BCUT2D eigenvalue weighted by Gasteiger charge is -2.20. The largest absolute Gasteiger partial charge is 0.309 e. The Morgan fingerprint density at radius 1 is 0.262 bits per heavy atom. The molecule has 0 saturated heterocycles. The Labute approximate surface area is 352 Å². The van der Waals surface area contributed by atoms with Crippen LogP contribution in [0.25, 0.3) is 116 Å². The van der Waals surface area contributed by atoms with Gasteiger partial charge in [0, 0.05) is 33.0 Å². The minimum atomic E-state index is 0.608. The Hall–Kier alpha value is -8.21. The summed E-state index contributed by atoms with van der Waals surface area (Å²) < 4.78 is 2.46. The van der Waals surface area contributed by atoms with Gasteiger partial charge in [-0.15, -0.1) is 0 Å². The minimum absolute atomic E-state index is 0.608. The summed E-state index contributed by atoms with van der Waals surface area (Å²) >= 11 is 0. The molecule has 0 unspecified atom stereocenters. The topological polar surface area (TPSA) is 43.6 Å². The van der Waals surface area contributed by atoms with E-state index in [-0.39, 0.29) is 0 Å². The third-order valence-electron chi connectivity index (χ3n) is 12.0. The van der Waals surface area contributed by atoms with Gasteiger partial charge < -0.3 is 4.57 Å². The maximum atomic E-state index is 5.45. The molecule has 61 heavy (non-hydrogen) atoms. The third-order valence-corrected chi connectivity index (χ3v) is 12.0. The molecule has 4 heteroatoms. The molecule has 284 valence electrons. The van der Waals surface area contributed by atoms with E-state index in [9.17, 15) is 0 Å². The highest BCUT2D eigenvalue weighted by atomic mass is 15.0. The number of nitrogens with zero attached hydrogens (tertiary/aromatic N) is 4. The van der Waals surface area contributed by atoms with Gasteiger partial charge in [0.25, 0.3) is 0 Å². The summed E-state index contributed by atoms with van der Waals surface area (Å²) in [4.78, 5) is 16.0. The Bertz CT molecular complexity index is 3630. The molecule has 0 atom stereocenters. The van der Waals surface area contributed by atoms with Crippen molar-refractivity contribution in [3.05, 3.63) is 218 Å². The van der Waals surface area contributed by atoms with Gasteiger partial charge in [0.2, 0.25) is 0 Å². The second kappa shape index (κ2) is 14.3. The van der Waals surface area contributed by atoms with Crippen molar-refractivity contribution in [3.8, 4) is 62.1 Å². The first kappa shape index (κ1) is 34.8. The van der Waals surface area contributed by atoms with Gasteiger partial charge in [-0.2, -0.15) is 0 Å². The molecule has 0 aliphatic rings. The first-order chi connectivity index (χ1) is 30.2. The van der Waals surface area contributed by atoms with Crippen molar-refractivity contribution in [1.29, 1.82) is 0 Å². The summed E-state index contributed by atoms with van der Waals surface area (Å²) in [5.74, 6) is 1.86. The van der Waals surface area contributed by atoms with Crippen molar-refractivity contribution in [1.82, 2.24) is 19.5 Å². The molecule has 0 radical (unpaired) electrons. The molecule has 0 N–H and O–H groups in total. The second-order valence-corrected chi connectivity index (χ2v) is 15.6. The number of aromatic nitrogens is 4. The zero-order chi connectivity index (χ0) is 40.3. The fourth-order valence-corrected chi connectivity index (χ4v) is 9.16. The zero-order valence-corrected chi connectivity index (χ0v) is 33.1. The maximum Gasteiger partial charge on any atom is 0.164 e. The zero-order valence-electron chi connectivity index (χ0n) is 33.1. The predicted molar refractivity (Wildman–Crippen MR) is 254 cm³/mol. The van der Waals surface area contributed by atoms with E-state index in [4.69, 9.17) is 15.0 Å². The van der Waals surface area contributed by atoms with Gasteiger partial charge >= 0.3 is 0 Å². The van der Waals surface area contributed by atoms with Crippen LogP contribution < -0.4 is 0 Å². The highest BCUT2D eigenvalue weighted by Gasteiger charge is 2.24. The van der Waals surface area contributed by atoms with Crippen LogP contribution in [0.4, 0.5) is 0 Å². The first-order valence-electron chi connectivity index (χ1n) is 20.7. The summed E-state index contributed by atoms with van der Waals surface area (Å²) in [6.45, 7) is 0. The summed E-state index contributed by atoms with van der Waals surface area (Å²) in [6.07, 6.45) is 0. The summed E-state index contributed by atoms with van der Waals surface area (Å²) in [5.41, 5.74) is 10.5. The van der Waals surface area contributed by atoms with E-state index in [0.717, 1.165) is 71.8 Å². The number of para-hydroxylation sites is 1. The van der Waals surface area contributed by atoms with E-state index in [1.165, 1.54) is 26.9 Å². The van der Waals surface area contributed by atoms with Crippen LogP contribution >= 0.6 is 0 Å². The molecule has 10 aromatic carbocycles. The van der Waals surface area contributed by atoms with Crippen LogP contribution in [0.2, 0.25) is 0 Å². The van der Waals surface area contributed by atoms with Crippen LogP contribution in [0.3, 0.4) is 0 Å². The van der Waals surface area contributed by atoms with Crippen LogP contribution in [0.1, 0.15) is 0 Å². The van der Waals surface area contributed by atoms with E-state index >= 15 is 0 Å². The van der Waals surface area contributed by atoms with Crippen molar-refractivity contribution >= 4 is 54.1 Å². The molecule has 0 aliphatic carbocycles. The molecule has 2 aromatic heterocycles. The number of hydrogen-bond acceptors (Lipinski definition) is 3. The minimum Gasteiger partial charge on any atom is -0.309 e. The quantitative estimate of drug-likeness (QED) is 0.169. The average molecular weight is 777 g/mol. The van der Waals surface area contributed by atoms with Crippen molar-refractivity contribution in [2.24, 2.45) is 0 Å². The van der Waals surface area contributed by atoms with Gasteiger partial charge in [0.05, 0.1) is 16.7 Å². The third kappa shape index (κ3) is 5.88. The number of hydrogen-bond donors (Lipinski definition) is 0. The lowest BCUT2D eigenvalue weighted by molar-refractivity contribution is 1.08. The van der Waals surface area contributed by atoms with Crippen molar-refractivity contribution in [2.75, 3.05) is 0 Å². The second-order valence-electron chi connectivity index (χ2n) is 15.6. The average Bonchev–Trinajstić information content (AvgIpc) is 3.65. The van der Waals surface area contributed by atoms with Gasteiger partial charge in [-0.05, 0) is 79.3 Å². The van der Waals surface area contributed by atoms with E-state index in [0.29, 0.717) is 17.5 Å². The van der Waals surface area contributed by atoms with Gasteiger partial charge in [0.1, 0.15) is 0 Å². The molecule has 2 heterocycles. The normalized spacial score (nSPS) is 11.6. The molecule has 12 aromatic rings. The molecule has 0 aliphatic heterocycles. The highest BCUT2D eigenvalue weighted by molar-refractivity contribution is 6.14. The number of benzene rings is 10. The molecule has 12 rings (SSSR count). The van der Waals surface area contributed by atoms with Crippen LogP contribution in [0.15, 0.2) is 218 Å². The molecule has 0 saturated carbocycles. The fourth-order valence-electron chi connectivity index (χ4n) is 9.16. The van der Waals surface area contributed by atoms with Gasteiger partial charge in [0.15, 0.2) is 17.5 Å². The predicted octanol–water partition coefficient (Wildman–Crippen LogP) is 14.8. The Morgan fingerprint density at radius 2 is 0.770 bits per heavy atom. The first-order valence-corrected chi connectivity index (χ1v) is 20.7. The molecule has 0 spiro atoms. The summed E-state index contributed by atoms with van der Waals surface area (Å²) in [7, 11) is 0. The van der Waals surface area contributed by atoms with Gasteiger partial charge in [-0.1, -0.05) is 188 Å². The number of fused-ring (bicyclic) bond motifs is 6. The van der Waals surface area contributed by atoms with Crippen LogP contribution in [0.5, 0.6) is 0 Å². The molecular formula is C57H36N4. The van der Waals surface area contributed by atoms with E-state index in [2.05, 4.69) is 205 Å². The number of rotatable bonds is 6. The molecule has 0 fully saturated rings. The van der Waals surface area contributed by atoms with Crippen molar-refractivity contribution in [2.45, 2.75) is 0 Å². The monoisotopic (exact) mass is 776 g/mol. The van der Waals surface area contributed by atoms with E-state index < -0.39 is 0 Å². The van der Waals surface area contributed by atoms with E-state index in [1.54, 1.807) is 0 Å². The van der Waals surface area contributed by atoms with Gasteiger partial charge in [-0.3, -0.25) is 0 Å². The standard InChI is InChI=1S/C57H36N4/c1-3-17-39(18-4-1)48-35-51(57-59-55(40-21-5-2-6-22-40)58-56(60-57)47-31-16-26-38-20-10-12-28-44(38)47)49(45-30-15-25-37-19-9-11-27-43(37)45)36-54(48)61-52-32-14-13-29-46(52)50-33-41-23-7-8-24-42(41)34-53(50)61/h1-36H. The lowest BCUT2D eigenvalue weighted by atomic mass is 9.90. The fraction of sp³-hybridized carbons (Fsp3) is 0. The molecular weight excluding hydrogens is 741 g/mol. The molecule has 0 bridgehead atoms. The van der Waals surface area contributed by atoms with E-state index in [1.807, 2.05) is 18.2 Å². The maximum absolute atomic E-state index is 5.45. The SMILES string of the molecule is c1ccc(-c2nc(-c3cc(-c4ccccc4)c(-n4c5ccccc5c5cc6ccccc6cc54)cc3-c3cccc4ccccc34)nc(-c3cccc4ccccc34)n2)cc1. The van der Waals surface area contributed by atoms with Crippen LogP contribution in [-0.4, -0.2) is 19.5 Å². The Kier molecular flexibility index (Phi) is 8.13. The lowest BCUT2D eigenvalue weighted by Crippen LogP contribution is -2.04. The summed E-state index contributed by atoms with van der Waals surface area (Å²) in [5, 5.41) is 9.40. The molecule has 0 amide bonds. The van der Waals surface area contributed by atoms with Gasteiger partial charge in [-0.25, -0.2) is 15.0 Å². The Balaban J connectivity index is 1.23. The smallest absolute Gasteiger partial charge is 0.164 e. The van der Waals surface area contributed by atoms with Crippen LogP contribution in [-0.2, 0) is 0 Å².